The minimum atomic E-state index is -0.241. The summed E-state index contributed by atoms with van der Waals surface area (Å²) in [4.78, 5) is 9.29. The molecule has 6 heteroatoms. The van der Waals surface area contributed by atoms with Crippen LogP contribution in [0.4, 0.5) is 0 Å². The van der Waals surface area contributed by atoms with E-state index in [1.807, 2.05) is 37.3 Å². The van der Waals surface area contributed by atoms with Crippen LogP contribution in [0.15, 0.2) is 45.8 Å². The van der Waals surface area contributed by atoms with Crippen LogP contribution in [-0.4, -0.2) is 29.0 Å². The molecule has 0 radical (unpaired) electrons. The SMILES string of the molecule is CCc1oc(-c2cc(C(C)(C)C)c(O)c(C(C)(C)C)c2)nc1Oc1ccccc1CC1=NCCN1. The highest BCUT2D eigenvalue weighted by molar-refractivity contribution is 5.86. The maximum absolute atomic E-state index is 11.1. The van der Waals surface area contributed by atoms with E-state index >= 15 is 0 Å². The van der Waals surface area contributed by atoms with Crippen molar-refractivity contribution in [2.24, 2.45) is 4.99 Å². The summed E-state index contributed by atoms with van der Waals surface area (Å²) in [5.74, 6) is 3.71. The number of phenolic OH excluding ortho intramolecular Hbond substituents is 1. The number of aryl methyl sites for hydroxylation is 1. The minimum absolute atomic E-state index is 0.241. The third-order valence-electron chi connectivity index (χ3n) is 6.24. The van der Waals surface area contributed by atoms with Gasteiger partial charge in [-0.3, -0.25) is 4.99 Å². The quantitative estimate of drug-likeness (QED) is 0.423. The van der Waals surface area contributed by atoms with Crippen molar-refractivity contribution >= 4 is 5.84 Å². The van der Waals surface area contributed by atoms with Crippen LogP contribution in [-0.2, 0) is 23.7 Å². The molecule has 2 aromatic carbocycles. The molecule has 0 bridgehead atoms. The summed E-state index contributed by atoms with van der Waals surface area (Å²) in [6.07, 6.45) is 1.33. The van der Waals surface area contributed by atoms with E-state index in [1.165, 1.54) is 0 Å². The average molecular weight is 476 g/mol. The number of oxazole rings is 1. The number of hydrogen-bond acceptors (Lipinski definition) is 6. The largest absolute Gasteiger partial charge is 0.507 e. The lowest BCUT2D eigenvalue weighted by Crippen LogP contribution is -2.20. The van der Waals surface area contributed by atoms with Crippen LogP contribution in [0.1, 0.15) is 70.9 Å². The van der Waals surface area contributed by atoms with Gasteiger partial charge >= 0.3 is 0 Å². The first-order chi connectivity index (χ1) is 16.5. The van der Waals surface area contributed by atoms with Crippen LogP contribution in [0, 0.1) is 0 Å². The summed E-state index contributed by atoms with van der Waals surface area (Å²) >= 11 is 0. The van der Waals surface area contributed by atoms with Crippen LogP contribution in [0.3, 0.4) is 0 Å². The number of para-hydroxylation sites is 1. The summed E-state index contributed by atoms with van der Waals surface area (Å²) in [6.45, 7) is 16.3. The minimum Gasteiger partial charge on any atom is -0.507 e. The van der Waals surface area contributed by atoms with Crippen LogP contribution in [0.5, 0.6) is 17.4 Å². The molecule has 3 aromatic rings. The monoisotopic (exact) mass is 475 g/mol. The lowest BCUT2D eigenvalue weighted by Gasteiger charge is -2.27. The first-order valence-electron chi connectivity index (χ1n) is 12.4. The van der Waals surface area contributed by atoms with E-state index in [0.29, 0.717) is 36.1 Å². The molecule has 2 heterocycles. The fraction of sp³-hybridized carbons (Fsp3) is 0.448. The predicted molar refractivity (Wildman–Crippen MR) is 141 cm³/mol. The van der Waals surface area contributed by atoms with Crippen molar-refractivity contribution < 1.29 is 14.3 Å². The number of phenols is 1. The topological polar surface area (TPSA) is 79.9 Å². The van der Waals surface area contributed by atoms with Gasteiger partial charge in [-0.05, 0) is 29.0 Å². The van der Waals surface area contributed by atoms with Gasteiger partial charge in [-0.2, -0.15) is 4.98 Å². The first-order valence-corrected chi connectivity index (χ1v) is 12.4. The number of benzene rings is 2. The van der Waals surface area contributed by atoms with Crippen molar-refractivity contribution in [3.8, 4) is 28.8 Å². The van der Waals surface area contributed by atoms with Gasteiger partial charge in [-0.25, -0.2) is 0 Å². The number of amidine groups is 1. The molecule has 0 saturated carbocycles. The molecular weight excluding hydrogens is 438 g/mol. The Morgan fingerprint density at radius 3 is 2.26 bits per heavy atom. The summed E-state index contributed by atoms with van der Waals surface area (Å²) < 4.78 is 12.5. The first kappa shape index (κ1) is 24.8. The van der Waals surface area contributed by atoms with Gasteiger partial charge in [-0.15, -0.1) is 0 Å². The summed E-state index contributed by atoms with van der Waals surface area (Å²) in [5, 5.41) is 14.4. The van der Waals surface area contributed by atoms with Gasteiger partial charge in [-0.1, -0.05) is 66.7 Å². The molecule has 0 amide bonds. The second-order valence-electron chi connectivity index (χ2n) is 11.2. The molecule has 6 nitrogen and oxygen atoms in total. The van der Waals surface area contributed by atoms with Crippen molar-refractivity contribution in [2.75, 3.05) is 13.1 Å². The van der Waals surface area contributed by atoms with E-state index in [4.69, 9.17) is 14.1 Å². The van der Waals surface area contributed by atoms with Gasteiger partial charge in [0, 0.05) is 41.6 Å². The molecule has 0 spiro atoms. The fourth-order valence-electron chi connectivity index (χ4n) is 4.27. The third-order valence-corrected chi connectivity index (χ3v) is 6.24. The van der Waals surface area contributed by atoms with Crippen molar-refractivity contribution in [3.05, 3.63) is 58.8 Å². The van der Waals surface area contributed by atoms with Gasteiger partial charge < -0.3 is 19.6 Å². The van der Waals surface area contributed by atoms with E-state index in [0.717, 1.165) is 46.9 Å². The Morgan fingerprint density at radius 2 is 1.69 bits per heavy atom. The third kappa shape index (κ3) is 5.37. The number of aromatic hydroxyl groups is 1. The molecule has 0 fully saturated rings. The van der Waals surface area contributed by atoms with E-state index in [9.17, 15) is 5.11 Å². The average Bonchev–Trinajstić information content (AvgIpc) is 3.43. The zero-order valence-corrected chi connectivity index (χ0v) is 22.0. The van der Waals surface area contributed by atoms with Gasteiger partial charge in [0.05, 0.1) is 6.54 Å². The van der Waals surface area contributed by atoms with E-state index in [1.54, 1.807) is 0 Å². The van der Waals surface area contributed by atoms with Crippen molar-refractivity contribution in [3.63, 3.8) is 0 Å². The lowest BCUT2D eigenvalue weighted by atomic mass is 9.78. The Bertz CT molecular complexity index is 1210. The van der Waals surface area contributed by atoms with E-state index < -0.39 is 0 Å². The molecule has 0 aliphatic carbocycles. The van der Waals surface area contributed by atoms with Crippen LogP contribution >= 0.6 is 0 Å². The van der Waals surface area contributed by atoms with Crippen molar-refractivity contribution in [1.29, 1.82) is 0 Å². The lowest BCUT2D eigenvalue weighted by molar-refractivity contribution is 0.423. The Morgan fingerprint density at radius 1 is 1.03 bits per heavy atom. The Balaban J connectivity index is 1.74. The molecule has 0 atom stereocenters. The number of hydrogen-bond donors (Lipinski definition) is 2. The molecule has 1 aliphatic rings. The zero-order valence-electron chi connectivity index (χ0n) is 22.0. The summed E-state index contributed by atoms with van der Waals surface area (Å²) in [6, 6.07) is 11.9. The Labute approximate surface area is 208 Å². The number of aromatic nitrogens is 1. The molecular formula is C29H37N3O3. The molecule has 2 N–H and O–H groups in total. The number of nitrogens with zero attached hydrogens (tertiary/aromatic N) is 2. The standard InChI is InChI=1S/C29H37N3O3/c1-8-22-27(35-23-12-10-9-11-18(23)17-24-30-13-14-31-24)32-26(34-22)19-15-20(28(2,3)4)25(33)21(16-19)29(5,6)7/h9-12,15-16,33H,8,13-14,17H2,1-7H3,(H,30,31). The molecule has 186 valence electrons. The smallest absolute Gasteiger partial charge is 0.262 e. The van der Waals surface area contributed by atoms with Crippen molar-refractivity contribution in [1.82, 2.24) is 10.3 Å². The highest BCUT2D eigenvalue weighted by atomic mass is 16.5. The van der Waals surface area contributed by atoms with Crippen LogP contribution in [0.2, 0.25) is 0 Å². The highest BCUT2D eigenvalue weighted by Gasteiger charge is 2.28. The zero-order chi connectivity index (χ0) is 25.4. The van der Waals surface area contributed by atoms with E-state index in [2.05, 4.69) is 57.9 Å². The van der Waals surface area contributed by atoms with E-state index in [-0.39, 0.29) is 10.8 Å². The second kappa shape index (κ2) is 9.40. The predicted octanol–water partition coefficient (Wildman–Crippen LogP) is 6.54. The fourth-order valence-corrected chi connectivity index (χ4v) is 4.27. The maximum atomic E-state index is 11.1. The van der Waals surface area contributed by atoms with Crippen molar-refractivity contribution in [2.45, 2.75) is 72.1 Å². The summed E-state index contributed by atoms with van der Waals surface area (Å²) in [5.41, 5.74) is 3.13. The number of rotatable bonds is 6. The second-order valence-corrected chi connectivity index (χ2v) is 11.2. The van der Waals surface area contributed by atoms with Gasteiger partial charge in [0.1, 0.15) is 17.3 Å². The van der Waals surface area contributed by atoms with Crippen LogP contribution < -0.4 is 10.1 Å². The molecule has 0 saturated heterocycles. The normalized spacial score (nSPS) is 14.1. The summed E-state index contributed by atoms with van der Waals surface area (Å²) in [7, 11) is 0. The Hall–Kier alpha value is -3.28. The number of ether oxygens (including phenoxy) is 1. The number of nitrogens with one attached hydrogen (secondary N) is 1. The molecule has 1 aliphatic heterocycles. The molecule has 0 unspecified atom stereocenters. The van der Waals surface area contributed by atoms with Gasteiger partial charge in [0.2, 0.25) is 5.89 Å². The molecule has 1 aromatic heterocycles. The Kier molecular flexibility index (Phi) is 6.67. The highest BCUT2D eigenvalue weighted by Crippen LogP contribution is 2.42. The van der Waals surface area contributed by atoms with Gasteiger partial charge in [0.25, 0.3) is 5.88 Å². The van der Waals surface area contributed by atoms with Crippen LogP contribution in [0.25, 0.3) is 11.5 Å². The molecule has 35 heavy (non-hydrogen) atoms. The van der Waals surface area contributed by atoms with Gasteiger partial charge in [0.15, 0.2) is 5.76 Å². The number of aliphatic imine (C=N–C) groups is 1. The maximum Gasteiger partial charge on any atom is 0.262 e. The molecule has 4 rings (SSSR count).